The summed E-state index contributed by atoms with van der Waals surface area (Å²) in [5.74, 6) is -1.16. The Balaban J connectivity index is 1.78. The average Bonchev–Trinajstić information content (AvgIpc) is 3.18. The third kappa shape index (κ3) is 4.86. The van der Waals surface area contributed by atoms with Crippen molar-refractivity contribution in [1.82, 2.24) is 20.0 Å². The topological polar surface area (TPSA) is 76.5 Å². The fraction of sp³-hybridized carbons (Fsp3) is 0.190. The van der Waals surface area contributed by atoms with Crippen molar-refractivity contribution in [3.05, 3.63) is 65.3 Å². The molecule has 2 amide bonds. The number of piperazine rings is 1. The van der Waals surface area contributed by atoms with Gasteiger partial charge in [0.25, 0.3) is 5.91 Å². The first-order valence-corrected chi connectivity index (χ1v) is 9.85. The van der Waals surface area contributed by atoms with Crippen LogP contribution in [0.2, 0.25) is 5.02 Å². The van der Waals surface area contributed by atoms with E-state index in [1.165, 1.54) is 33.8 Å². The molecule has 3 aromatic rings. The van der Waals surface area contributed by atoms with Crippen molar-refractivity contribution < 1.29 is 27.5 Å². The van der Waals surface area contributed by atoms with E-state index in [0.717, 1.165) is 0 Å². The molecular formula is C21H16ClF3N4O3. The molecule has 2 heterocycles. The minimum atomic E-state index is -4.85. The van der Waals surface area contributed by atoms with E-state index in [0.29, 0.717) is 35.1 Å². The van der Waals surface area contributed by atoms with E-state index in [1.807, 2.05) is 0 Å². The molecular weight excluding hydrogens is 449 g/mol. The SMILES string of the molecule is O=C1CN(C(=O)c2cc(-c3cccc(OC(F)(F)F)c3)n(-c3cccc(Cl)c3)n2)CCN1. The van der Waals surface area contributed by atoms with Gasteiger partial charge in [0.1, 0.15) is 5.75 Å². The number of rotatable bonds is 4. The van der Waals surface area contributed by atoms with Crippen LogP contribution in [0.5, 0.6) is 5.75 Å². The van der Waals surface area contributed by atoms with Crippen molar-refractivity contribution in [3.63, 3.8) is 0 Å². The quantitative estimate of drug-likeness (QED) is 0.639. The maximum Gasteiger partial charge on any atom is 0.573 e. The molecule has 1 aliphatic heterocycles. The van der Waals surface area contributed by atoms with E-state index < -0.39 is 18.0 Å². The number of halogens is 4. The molecule has 1 aliphatic rings. The molecule has 4 rings (SSSR count). The molecule has 1 aromatic heterocycles. The number of aromatic nitrogens is 2. The molecule has 11 heteroatoms. The lowest BCUT2D eigenvalue weighted by Crippen LogP contribution is -2.50. The zero-order valence-electron chi connectivity index (χ0n) is 16.4. The molecule has 0 unspecified atom stereocenters. The van der Waals surface area contributed by atoms with Crippen LogP contribution in [0, 0.1) is 0 Å². The molecule has 0 radical (unpaired) electrons. The van der Waals surface area contributed by atoms with Gasteiger partial charge in [-0.3, -0.25) is 9.59 Å². The molecule has 166 valence electrons. The molecule has 0 atom stereocenters. The number of carbonyl (C=O) groups is 2. The summed E-state index contributed by atoms with van der Waals surface area (Å²) in [5, 5.41) is 7.43. The summed E-state index contributed by atoms with van der Waals surface area (Å²) in [6.07, 6.45) is -4.85. The number of nitrogens with one attached hydrogen (secondary N) is 1. The fourth-order valence-corrected chi connectivity index (χ4v) is 3.51. The highest BCUT2D eigenvalue weighted by atomic mass is 35.5. The zero-order chi connectivity index (χ0) is 22.9. The Morgan fingerprint density at radius 1 is 1.12 bits per heavy atom. The molecule has 7 nitrogen and oxygen atoms in total. The largest absolute Gasteiger partial charge is 0.573 e. The van der Waals surface area contributed by atoms with Crippen molar-refractivity contribution in [2.75, 3.05) is 19.6 Å². The van der Waals surface area contributed by atoms with E-state index >= 15 is 0 Å². The Morgan fingerprint density at radius 3 is 2.62 bits per heavy atom. The van der Waals surface area contributed by atoms with Crippen molar-refractivity contribution in [2.45, 2.75) is 6.36 Å². The summed E-state index contributed by atoms with van der Waals surface area (Å²) in [6, 6.07) is 13.5. The minimum absolute atomic E-state index is 0.0387. The van der Waals surface area contributed by atoms with Gasteiger partial charge >= 0.3 is 6.36 Å². The molecule has 1 saturated heterocycles. The highest BCUT2D eigenvalue weighted by Gasteiger charge is 2.31. The van der Waals surface area contributed by atoms with Gasteiger partial charge in [-0.25, -0.2) is 4.68 Å². The predicted octanol–water partition coefficient (Wildman–Crippen LogP) is 3.66. The average molecular weight is 465 g/mol. The molecule has 0 bridgehead atoms. The number of ether oxygens (including phenoxy) is 1. The van der Waals surface area contributed by atoms with Crippen LogP contribution in [0.4, 0.5) is 13.2 Å². The van der Waals surface area contributed by atoms with Crippen LogP contribution in [0.25, 0.3) is 16.9 Å². The molecule has 1 fully saturated rings. The lowest BCUT2D eigenvalue weighted by Gasteiger charge is -2.25. The summed E-state index contributed by atoms with van der Waals surface area (Å²) in [4.78, 5) is 26.0. The Morgan fingerprint density at radius 2 is 1.91 bits per heavy atom. The minimum Gasteiger partial charge on any atom is -0.406 e. The van der Waals surface area contributed by atoms with E-state index in [9.17, 15) is 22.8 Å². The van der Waals surface area contributed by atoms with Crippen LogP contribution in [-0.4, -0.2) is 52.5 Å². The van der Waals surface area contributed by atoms with E-state index in [-0.39, 0.29) is 18.1 Å². The smallest absolute Gasteiger partial charge is 0.406 e. The van der Waals surface area contributed by atoms with Crippen LogP contribution < -0.4 is 10.1 Å². The van der Waals surface area contributed by atoms with Gasteiger partial charge in [-0.05, 0) is 36.4 Å². The van der Waals surface area contributed by atoms with Gasteiger partial charge in [-0.1, -0.05) is 29.8 Å². The monoisotopic (exact) mass is 464 g/mol. The number of nitrogens with zero attached hydrogens (tertiary/aromatic N) is 3. The van der Waals surface area contributed by atoms with Gasteiger partial charge in [-0.15, -0.1) is 13.2 Å². The molecule has 0 saturated carbocycles. The second kappa shape index (κ2) is 8.54. The summed E-state index contributed by atoms with van der Waals surface area (Å²) >= 11 is 6.09. The Hall–Kier alpha value is -3.53. The fourth-order valence-electron chi connectivity index (χ4n) is 3.32. The Kier molecular flexibility index (Phi) is 5.79. The first-order chi connectivity index (χ1) is 15.2. The standard InChI is InChI=1S/C21H16ClF3N4O3/c22-14-4-2-5-15(10-14)29-18(13-3-1-6-16(9-13)32-21(23,24)25)11-17(27-29)20(31)28-8-7-26-19(30)12-28/h1-6,9-11H,7-8,12H2,(H,26,30). The van der Waals surface area contributed by atoms with Gasteiger partial charge in [0.15, 0.2) is 5.69 Å². The summed E-state index contributed by atoms with van der Waals surface area (Å²) in [7, 11) is 0. The number of alkyl halides is 3. The van der Waals surface area contributed by atoms with Gasteiger partial charge in [0, 0.05) is 23.7 Å². The molecule has 0 aliphatic carbocycles. The molecule has 1 N–H and O–H groups in total. The maximum absolute atomic E-state index is 13.0. The van der Waals surface area contributed by atoms with Crippen molar-refractivity contribution >= 4 is 23.4 Å². The Bertz CT molecular complexity index is 1180. The van der Waals surface area contributed by atoms with Crippen molar-refractivity contribution in [2.24, 2.45) is 0 Å². The van der Waals surface area contributed by atoms with E-state index in [1.54, 1.807) is 30.3 Å². The highest BCUT2D eigenvalue weighted by Crippen LogP contribution is 2.30. The second-order valence-electron chi connectivity index (χ2n) is 6.96. The molecule has 2 aromatic carbocycles. The molecule has 0 spiro atoms. The van der Waals surface area contributed by atoms with Gasteiger partial charge in [0.2, 0.25) is 5.91 Å². The zero-order valence-corrected chi connectivity index (χ0v) is 17.2. The van der Waals surface area contributed by atoms with E-state index in [2.05, 4.69) is 15.2 Å². The summed E-state index contributed by atoms with van der Waals surface area (Å²) in [5.41, 5.74) is 1.24. The van der Waals surface area contributed by atoms with Crippen molar-refractivity contribution in [3.8, 4) is 22.7 Å². The number of carbonyl (C=O) groups excluding carboxylic acids is 2. The number of hydrogen-bond donors (Lipinski definition) is 1. The lowest BCUT2D eigenvalue weighted by molar-refractivity contribution is -0.274. The lowest BCUT2D eigenvalue weighted by atomic mass is 10.1. The van der Waals surface area contributed by atoms with Crippen LogP contribution >= 0.6 is 11.6 Å². The number of benzene rings is 2. The first-order valence-electron chi connectivity index (χ1n) is 9.48. The van der Waals surface area contributed by atoms with Crippen LogP contribution in [-0.2, 0) is 4.79 Å². The van der Waals surface area contributed by atoms with Crippen molar-refractivity contribution in [1.29, 1.82) is 0 Å². The second-order valence-corrected chi connectivity index (χ2v) is 7.40. The number of hydrogen-bond acceptors (Lipinski definition) is 4. The summed E-state index contributed by atoms with van der Waals surface area (Å²) in [6.45, 7) is 0.537. The Labute approximate surface area is 185 Å². The first kappa shape index (κ1) is 21.7. The highest BCUT2D eigenvalue weighted by molar-refractivity contribution is 6.30. The van der Waals surface area contributed by atoms with Crippen LogP contribution in [0.1, 0.15) is 10.5 Å². The van der Waals surface area contributed by atoms with Gasteiger partial charge in [-0.2, -0.15) is 5.10 Å². The number of amides is 2. The van der Waals surface area contributed by atoms with Gasteiger partial charge in [0.05, 0.1) is 17.9 Å². The van der Waals surface area contributed by atoms with E-state index in [4.69, 9.17) is 11.6 Å². The van der Waals surface area contributed by atoms with Crippen LogP contribution in [0.3, 0.4) is 0 Å². The normalized spacial score (nSPS) is 14.2. The molecule has 32 heavy (non-hydrogen) atoms. The maximum atomic E-state index is 13.0. The predicted molar refractivity (Wildman–Crippen MR) is 110 cm³/mol. The third-order valence-corrected chi connectivity index (χ3v) is 4.91. The van der Waals surface area contributed by atoms with Gasteiger partial charge < -0.3 is 15.0 Å². The summed E-state index contributed by atoms with van der Waals surface area (Å²) < 4.78 is 43.5. The van der Waals surface area contributed by atoms with Crippen LogP contribution in [0.15, 0.2) is 54.6 Å². The third-order valence-electron chi connectivity index (χ3n) is 4.67.